The van der Waals surface area contributed by atoms with Crippen molar-refractivity contribution in [1.82, 2.24) is 15.0 Å². The van der Waals surface area contributed by atoms with Gasteiger partial charge in [-0.1, -0.05) is 31.4 Å². The molecule has 0 aliphatic rings. The average Bonchev–Trinajstić information content (AvgIpc) is 2.96. The van der Waals surface area contributed by atoms with Gasteiger partial charge < -0.3 is 15.2 Å². The summed E-state index contributed by atoms with van der Waals surface area (Å²) in [5.41, 5.74) is 6.58. The molecule has 1 aromatic carbocycles. The van der Waals surface area contributed by atoms with Crippen molar-refractivity contribution < 1.29 is 14.3 Å². The van der Waals surface area contributed by atoms with Gasteiger partial charge >= 0.3 is 5.97 Å². The number of ether oxygens (including phenoxy) is 2. The van der Waals surface area contributed by atoms with E-state index in [-0.39, 0.29) is 11.5 Å². The SMILES string of the molecule is CCCCCCOc1ccc(-n2nnc(C(=O)OC)c2N)cc1. The van der Waals surface area contributed by atoms with Gasteiger partial charge in [0.15, 0.2) is 5.82 Å². The Kier molecular flexibility index (Phi) is 5.96. The third-order valence-electron chi connectivity index (χ3n) is 3.43. The van der Waals surface area contributed by atoms with Gasteiger partial charge in [-0.3, -0.25) is 0 Å². The highest BCUT2D eigenvalue weighted by Crippen LogP contribution is 2.19. The van der Waals surface area contributed by atoms with Gasteiger partial charge in [0.1, 0.15) is 5.75 Å². The lowest BCUT2D eigenvalue weighted by Crippen LogP contribution is -2.07. The summed E-state index contributed by atoms with van der Waals surface area (Å²) >= 11 is 0. The molecular weight excluding hydrogens is 296 g/mol. The monoisotopic (exact) mass is 318 g/mol. The maximum Gasteiger partial charge on any atom is 0.362 e. The highest BCUT2D eigenvalue weighted by atomic mass is 16.5. The summed E-state index contributed by atoms with van der Waals surface area (Å²) in [5, 5.41) is 7.63. The van der Waals surface area contributed by atoms with Crippen molar-refractivity contribution in [3.8, 4) is 11.4 Å². The number of nitrogens with zero attached hydrogens (tertiary/aromatic N) is 3. The maximum absolute atomic E-state index is 11.5. The van der Waals surface area contributed by atoms with Crippen molar-refractivity contribution >= 4 is 11.8 Å². The second kappa shape index (κ2) is 8.17. The molecule has 124 valence electrons. The molecule has 2 rings (SSSR count). The predicted molar refractivity (Wildman–Crippen MR) is 86.7 cm³/mol. The summed E-state index contributed by atoms with van der Waals surface area (Å²) in [7, 11) is 1.27. The maximum atomic E-state index is 11.5. The van der Waals surface area contributed by atoms with Crippen molar-refractivity contribution in [2.45, 2.75) is 32.6 Å². The largest absolute Gasteiger partial charge is 0.494 e. The Morgan fingerprint density at radius 3 is 2.61 bits per heavy atom. The van der Waals surface area contributed by atoms with E-state index in [1.54, 1.807) is 0 Å². The van der Waals surface area contributed by atoms with Gasteiger partial charge in [-0.25, -0.2) is 4.79 Å². The number of nitrogen functional groups attached to an aromatic ring is 1. The molecule has 7 heteroatoms. The Balaban J connectivity index is 2.00. The van der Waals surface area contributed by atoms with Crippen LogP contribution in [0.4, 0.5) is 5.82 Å². The van der Waals surface area contributed by atoms with E-state index in [2.05, 4.69) is 22.0 Å². The molecular formula is C16H22N4O3. The van der Waals surface area contributed by atoms with Crippen LogP contribution >= 0.6 is 0 Å². The van der Waals surface area contributed by atoms with E-state index >= 15 is 0 Å². The first-order valence-electron chi connectivity index (χ1n) is 7.70. The van der Waals surface area contributed by atoms with Crippen LogP contribution in [0.25, 0.3) is 5.69 Å². The third kappa shape index (κ3) is 4.21. The lowest BCUT2D eigenvalue weighted by Gasteiger charge is -2.07. The van der Waals surface area contributed by atoms with Gasteiger partial charge in [0.25, 0.3) is 0 Å². The molecule has 7 nitrogen and oxygen atoms in total. The highest BCUT2D eigenvalue weighted by molar-refractivity contribution is 5.92. The van der Waals surface area contributed by atoms with E-state index < -0.39 is 5.97 Å². The molecule has 0 radical (unpaired) electrons. The van der Waals surface area contributed by atoms with Crippen LogP contribution in [0.3, 0.4) is 0 Å². The first kappa shape index (κ1) is 16.8. The van der Waals surface area contributed by atoms with Gasteiger partial charge in [-0.15, -0.1) is 5.10 Å². The molecule has 1 aromatic heterocycles. The topological polar surface area (TPSA) is 92.3 Å². The number of methoxy groups -OCH3 is 1. The third-order valence-corrected chi connectivity index (χ3v) is 3.43. The first-order valence-corrected chi connectivity index (χ1v) is 7.70. The van der Waals surface area contributed by atoms with Gasteiger partial charge in [-0.2, -0.15) is 4.68 Å². The molecule has 0 aliphatic heterocycles. The standard InChI is InChI=1S/C16H22N4O3/c1-3-4-5-6-11-23-13-9-7-12(8-10-13)20-15(17)14(18-19-20)16(21)22-2/h7-10H,3-6,11,17H2,1-2H3. The Morgan fingerprint density at radius 2 is 1.96 bits per heavy atom. The predicted octanol–water partition coefficient (Wildman–Crippen LogP) is 2.60. The lowest BCUT2D eigenvalue weighted by atomic mass is 10.2. The molecule has 23 heavy (non-hydrogen) atoms. The van der Waals surface area contributed by atoms with Crippen molar-refractivity contribution in [2.75, 3.05) is 19.5 Å². The van der Waals surface area contributed by atoms with Crippen LogP contribution in [-0.2, 0) is 4.74 Å². The van der Waals surface area contributed by atoms with Crippen LogP contribution in [0, 0.1) is 0 Å². The molecule has 0 amide bonds. The van der Waals surface area contributed by atoms with E-state index in [4.69, 9.17) is 10.5 Å². The quantitative estimate of drug-likeness (QED) is 0.594. The Labute approximate surface area is 135 Å². The Morgan fingerprint density at radius 1 is 1.22 bits per heavy atom. The normalized spacial score (nSPS) is 10.5. The Bertz CT molecular complexity index is 637. The summed E-state index contributed by atoms with van der Waals surface area (Å²) in [6.07, 6.45) is 4.67. The number of benzene rings is 1. The van der Waals surface area contributed by atoms with Crippen LogP contribution < -0.4 is 10.5 Å². The second-order valence-corrected chi connectivity index (χ2v) is 5.13. The highest BCUT2D eigenvalue weighted by Gasteiger charge is 2.18. The number of nitrogens with two attached hydrogens (primary N) is 1. The fourth-order valence-electron chi connectivity index (χ4n) is 2.12. The number of esters is 1. The molecule has 0 saturated carbocycles. The molecule has 1 heterocycles. The molecule has 0 aliphatic carbocycles. The summed E-state index contributed by atoms with van der Waals surface area (Å²) in [6, 6.07) is 7.31. The molecule has 2 aromatic rings. The molecule has 0 saturated heterocycles. The van der Waals surface area contributed by atoms with Crippen LogP contribution in [0.2, 0.25) is 0 Å². The number of rotatable bonds is 8. The van der Waals surface area contributed by atoms with E-state index in [0.717, 1.165) is 12.2 Å². The minimum absolute atomic E-state index is 0.00347. The molecule has 0 bridgehead atoms. The van der Waals surface area contributed by atoms with Gasteiger partial charge in [0.05, 0.1) is 19.4 Å². The van der Waals surface area contributed by atoms with E-state index in [9.17, 15) is 4.79 Å². The summed E-state index contributed by atoms with van der Waals surface area (Å²) in [4.78, 5) is 11.5. The fourth-order valence-corrected chi connectivity index (χ4v) is 2.12. The summed E-state index contributed by atoms with van der Waals surface area (Å²) < 4.78 is 11.7. The molecule has 2 N–H and O–H groups in total. The fraction of sp³-hybridized carbons (Fsp3) is 0.438. The minimum Gasteiger partial charge on any atom is -0.494 e. The van der Waals surface area contributed by atoms with Crippen LogP contribution in [-0.4, -0.2) is 34.7 Å². The van der Waals surface area contributed by atoms with Crippen LogP contribution in [0.5, 0.6) is 5.75 Å². The van der Waals surface area contributed by atoms with E-state index in [1.165, 1.54) is 31.1 Å². The second-order valence-electron chi connectivity index (χ2n) is 5.13. The Hall–Kier alpha value is -2.57. The summed E-state index contributed by atoms with van der Waals surface area (Å²) in [6.45, 7) is 2.89. The van der Waals surface area contributed by atoms with E-state index in [1.807, 2.05) is 24.3 Å². The van der Waals surface area contributed by atoms with Crippen molar-refractivity contribution in [2.24, 2.45) is 0 Å². The zero-order valence-electron chi connectivity index (χ0n) is 13.5. The molecule has 0 unspecified atom stereocenters. The zero-order valence-corrected chi connectivity index (χ0v) is 13.5. The molecule has 0 spiro atoms. The van der Waals surface area contributed by atoms with Crippen LogP contribution in [0.1, 0.15) is 43.1 Å². The number of carbonyl (C=O) groups excluding carboxylic acids is 1. The van der Waals surface area contributed by atoms with Gasteiger partial charge in [-0.05, 0) is 30.7 Å². The smallest absolute Gasteiger partial charge is 0.362 e. The number of hydrogen-bond acceptors (Lipinski definition) is 6. The number of unbranched alkanes of at least 4 members (excludes halogenated alkanes) is 3. The van der Waals surface area contributed by atoms with Crippen LogP contribution in [0.15, 0.2) is 24.3 Å². The van der Waals surface area contributed by atoms with E-state index in [0.29, 0.717) is 12.3 Å². The van der Waals surface area contributed by atoms with Gasteiger partial charge in [0, 0.05) is 0 Å². The van der Waals surface area contributed by atoms with Crippen molar-refractivity contribution in [3.05, 3.63) is 30.0 Å². The molecule has 0 fully saturated rings. The van der Waals surface area contributed by atoms with Crippen molar-refractivity contribution in [3.63, 3.8) is 0 Å². The number of anilines is 1. The summed E-state index contributed by atoms with van der Waals surface area (Å²) in [5.74, 6) is 0.322. The lowest BCUT2D eigenvalue weighted by molar-refractivity contribution is 0.0595. The number of carbonyl (C=O) groups is 1. The van der Waals surface area contributed by atoms with Crippen molar-refractivity contribution in [1.29, 1.82) is 0 Å². The first-order chi connectivity index (χ1) is 11.2. The van der Waals surface area contributed by atoms with Gasteiger partial charge in [0.2, 0.25) is 5.69 Å². The number of aromatic nitrogens is 3. The molecule has 0 atom stereocenters. The zero-order chi connectivity index (χ0) is 16.7. The average molecular weight is 318 g/mol. The number of hydrogen-bond donors (Lipinski definition) is 1. The minimum atomic E-state index is -0.610.